The molecule has 0 aliphatic carbocycles. The van der Waals surface area contributed by atoms with Crippen LogP contribution in [0.3, 0.4) is 0 Å². The van der Waals surface area contributed by atoms with Gasteiger partial charge in [0.1, 0.15) is 5.75 Å². The molecular formula is C19H21F3N2O. The Hall–Kier alpha value is -2.05. The minimum atomic E-state index is -1.42. The molecule has 0 radical (unpaired) electrons. The summed E-state index contributed by atoms with van der Waals surface area (Å²) >= 11 is 0. The zero-order valence-electron chi connectivity index (χ0n) is 14.0. The highest BCUT2D eigenvalue weighted by molar-refractivity contribution is 5.33. The highest BCUT2D eigenvalue weighted by Gasteiger charge is 2.29. The number of nitrogens with one attached hydrogen (secondary N) is 2. The fraction of sp³-hybridized carbons (Fsp3) is 0.368. The van der Waals surface area contributed by atoms with Gasteiger partial charge in [0.15, 0.2) is 17.5 Å². The largest absolute Gasteiger partial charge is 0.496 e. The molecule has 0 spiro atoms. The van der Waals surface area contributed by atoms with Gasteiger partial charge < -0.3 is 15.4 Å². The van der Waals surface area contributed by atoms with Crippen LogP contribution in [0, 0.1) is 17.5 Å². The van der Waals surface area contributed by atoms with Gasteiger partial charge in [-0.3, -0.25) is 0 Å². The fourth-order valence-corrected chi connectivity index (χ4v) is 3.31. The molecule has 0 saturated carbocycles. The average molecular weight is 350 g/mol. The molecule has 0 bridgehead atoms. The molecule has 2 N–H and O–H groups in total. The molecule has 6 heteroatoms. The Labute approximate surface area is 145 Å². The summed E-state index contributed by atoms with van der Waals surface area (Å²) in [6.07, 6.45) is 1.73. The van der Waals surface area contributed by atoms with Crippen LogP contribution in [-0.2, 0) is 6.54 Å². The maximum Gasteiger partial charge on any atom is 0.194 e. The van der Waals surface area contributed by atoms with E-state index < -0.39 is 23.5 Å². The lowest BCUT2D eigenvalue weighted by atomic mass is 9.91. The van der Waals surface area contributed by atoms with Crippen molar-refractivity contribution in [3.63, 3.8) is 0 Å². The zero-order valence-corrected chi connectivity index (χ0v) is 14.0. The van der Waals surface area contributed by atoms with Crippen molar-refractivity contribution in [3.8, 4) is 5.75 Å². The van der Waals surface area contributed by atoms with Gasteiger partial charge >= 0.3 is 0 Å². The molecule has 2 aromatic rings. The van der Waals surface area contributed by atoms with E-state index in [9.17, 15) is 13.2 Å². The number of rotatable bonds is 5. The van der Waals surface area contributed by atoms with Gasteiger partial charge in [0.05, 0.1) is 13.2 Å². The van der Waals surface area contributed by atoms with Crippen molar-refractivity contribution in [1.29, 1.82) is 0 Å². The molecule has 2 unspecified atom stereocenters. The smallest absolute Gasteiger partial charge is 0.194 e. The summed E-state index contributed by atoms with van der Waals surface area (Å²) < 4.78 is 46.4. The fourth-order valence-electron chi connectivity index (χ4n) is 3.31. The molecule has 134 valence electrons. The van der Waals surface area contributed by atoms with Crippen LogP contribution in [0.15, 0.2) is 36.4 Å². The summed E-state index contributed by atoms with van der Waals surface area (Å²) in [6.45, 7) is 1.24. The van der Waals surface area contributed by atoms with E-state index in [1.54, 1.807) is 7.11 Å². The molecule has 0 aromatic heterocycles. The topological polar surface area (TPSA) is 33.3 Å². The summed E-state index contributed by atoms with van der Waals surface area (Å²) in [5, 5.41) is 6.61. The van der Waals surface area contributed by atoms with E-state index in [2.05, 4.69) is 10.6 Å². The number of para-hydroxylation sites is 1. The molecule has 1 fully saturated rings. The van der Waals surface area contributed by atoms with E-state index in [0.717, 1.165) is 30.2 Å². The predicted molar refractivity (Wildman–Crippen MR) is 89.9 cm³/mol. The Morgan fingerprint density at radius 1 is 1.12 bits per heavy atom. The van der Waals surface area contributed by atoms with Gasteiger partial charge in [-0.15, -0.1) is 0 Å². The van der Waals surface area contributed by atoms with Crippen LogP contribution >= 0.6 is 0 Å². The minimum absolute atomic E-state index is 0.0991. The Morgan fingerprint density at radius 2 is 1.92 bits per heavy atom. The highest BCUT2D eigenvalue weighted by atomic mass is 19.2. The van der Waals surface area contributed by atoms with Crippen LogP contribution in [0.2, 0.25) is 0 Å². The second-order valence-corrected chi connectivity index (χ2v) is 6.14. The number of piperidine rings is 1. The van der Waals surface area contributed by atoms with Crippen LogP contribution in [0.25, 0.3) is 0 Å². The van der Waals surface area contributed by atoms with Crippen LogP contribution in [-0.4, -0.2) is 19.7 Å². The molecular weight excluding hydrogens is 329 g/mol. The van der Waals surface area contributed by atoms with Crippen LogP contribution < -0.4 is 15.4 Å². The summed E-state index contributed by atoms with van der Waals surface area (Å²) in [7, 11) is 1.61. The Balaban J connectivity index is 1.79. The van der Waals surface area contributed by atoms with E-state index in [-0.39, 0.29) is 11.6 Å². The quantitative estimate of drug-likeness (QED) is 0.807. The molecule has 2 aromatic carbocycles. The average Bonchev–Trinajstić information content (AvgIpc) is 2.65. The summed E-state index contributed by atoms with van der Waals surface area (Å²) in [4.78, 5) is 0. The molecule has 3 rings (SSSR count). The first kappa shape index (κ1) is 17.8. The monoisotopic (exact) mass is 350 g/mol. The third-order valence-electron chi connectivity index (χ3n) is 4.61. The van der Waals surface area contributed by atoms with Crippen LogP contribution in [0.1, 0.15) is 30.0 Å². The van der Waals surface area contributed by atoms with E-state index >= 15 is 0 Å². The minimum Gasteiger partial charge on any atom is -0.496 e. The van der Waals surface area contributed by atoms with Gasteiger partial charge in [0, 0.05) is 23.7 Å². The van der Waals surface area contributed by atoms with Gasteiger partial charge in [0.25, 0.3) is 0 Å². The van der Waals surface area contributed by atoms with Crippen LogP contribution in [0.5, 0.6) is 5.75 Å². The number of halogens is 3. The molecule has 1 saturated heterocycles. The maximum atomic E-state index is 14.2. The first-order valence-corrected chi connectivity index (χ1v) is 8.34. The van der Waals surface area contributed by atoms with Gasteiger partial charge in [-0.25, -0.2) is 13.2 Å². The maximum absolute atomic E-state index is 14.2. The van der Waals surface area contributed by atoms with Gasteiger partial charge in [-0.1, -0.05) is 24.3 Å². The van der Waals surface area contributed by atoms with Gasteiger partial charge in [-0.2, -0.15) is 0 Å². The second kappa shape index (κ2) is 7.89. The van der Waals surface area contributed by atoms with Gasteiger partial charge in [0.2, 0.25) is 0 Å². The van der Waals surface area contributed by atoms with Crippen molar-refractivity contribution in [2.24, 2.45) is 0 Å². The number of benzene rings is 2. The second-order valence-electron chi connectivity index (χ2n) is 6.14. The molecule has 3 nitrogen and oxygen atoms in total. The van der Waals surface area contributed by atoms with Crippen LogP contribution in [0.4, 0.5) is 13.2 Å². The van der Waals surface area contributed by atoms with Gasteiger partial charge in [-0.05, 0) is 31.5 Å². The van der Waals surface area contributed by atoms with E-state index in [1.807, 2.05) is 24.3 Å². The van der Waals surface area contributed by atoms with Crippen molar-refractivity contribution in [1.82, 2.24) is 10.6 Å². The molecule has 2 atom stereocenters. The normalized spacial score (nSPS) is 20.5. The number of ether oxygens (including phenoxy) is 1. The Morgan fingerprint density at radius 3 is 2.72 bits per heavy atom. The van der Waals surface area contributed by atoms with E-state index in [1.165, 1.54) is 6.07 Å². The lowest BCUT2D eigenvalue weighted by Gasteiger charge is -2.34. The number of hydrogen-bond donors (Lipinski definition) is 2. The summed E-state index contributed by atoms with van der Waals surface area (Å²) in [6, 6.07) is 9.42. The highest BCUT2D eigenvalue weighted by Crippen LogP contribution is 2.28. The number of methoxy groups -OCH3 is 1. The molecule has 1 heterocycles. The lowest BCUT2D eigenvalue weighted by molar-refractivity contribution is 0.293. The van der Waals surface area contributed by atoms with Crippen molar-refractivity contribution >= 4 is 0 Å². The molecule has 25 heavy (non-hydrogen) atoms. The summed E-state index contributed by atoms with van der Waals surface area (Å²) in [5.41, 5.74) is 1.14. The van der Waals surface area contributed by atoms with Crippen molar-refractivity contribution in [3.05, 3.63) is 65.0 Å². The van der Waals surface area contributed by atoms with Crippen molar-refractivity contribution in [2.75, 3.05) is 13.7 Å². The third-order valence-corrected chi connectivity index (χ3v) is 4.61. The molecule has 0 amide bonds. The predicted octanol–water partition coefficient (Wildman–Crippen LogP) is 3.70. The van der Waals surface area contributed by atoms with E-state index in [4.69, 9.17) is 4.74 Å². The zero-order chi connectivity index (χ0) is 17.8. The third kappa shape index (κ3) is 3.80. The SMILES string of the molecule is COc1ccccc1CNC1CCCNC1c1ccc(F)c(F)c1F. The molecule has 1 aliphatic rings. The van der Waals surface area contributed by atoms with Crippen molar-refractivity contribution in [2.45, 2.75) is 31.5 Å². The standard InChI is InChI=1S/C19H21F3N2O/c1-25-16-7-3-2-5-12(16)11-24-15-6-4-10-23-19(15)13-8-9-14(20)18(22)17(13)21/h2-3,5,7-9,15,19,23-24H,4,6,10-11H2,1H3. The Bertz CT molecular complexity index is 739. The first-order valence-electron chi connectivity index (χ1n) is 8.34. The number of hydrogen-bond acceptors (Lipinski definition) is 3. The van der Waals surface area contributed by atoms with Crippen molar-refractivity contribution < 1.29 is 17.9 Å². The molecule has 1 aliphatic heterocycles. The summed E-state index contributed by atoms with van der Waals surface area (Å²) in [5.74, 6) is -2.94. The first-order chi connectivity index (χ1) is 12.1. The lowest BCUT2D eigenvalue weighted by Crippen LogP contribution is -2.46. The van der Waals surface area contributed by atoms with E-state index in [0.29, 0.717) is 13.1 Å². The Kier molecular flexibility index (Phi) is 5.60.